The molecule has 2 atom stereocenters. The normalized spacial score (nSPS) is 25.0. The Labute approximate surface area is 152 Å². The number of likely N-dealkylation sites (tertiary alicyclic amines) is 2. The number of carbonyl (C=O) groups is 3. The molecule has 2 saturated heterocycles. The van der Waals surface area contributed by atoms with Crippen molar-refractivity contribution in [2.75, 3.05) is 46.8 Å². The molecule has 3 amide bonds. The van der Waals surface area contributed by atoms with Crippen LogP contribution in [0.2, 0.25) is 0 Å². The van der Waals surface area contributed by atoms with Gasteiger partial charge in [0.2, 0.25) is 11.8 Å². The second-order valence-corrected chi connectivity index (χ2v) is 7.70. The fourth-order valence-corrected chi connectivity index (χ4v) is 4.32. The molecule has 8 heteroatoms. The van der Waals surface area contributed by atoms with Gasteiger partial charge in [-0.25, -0.2) is 0 Å². The lowest BCUT2D eigenvalue weighted by Gasteiger charge is -2.32. The molecule has 1 aromatic heterocycles. The maximum Gasteiger partial charge on any atom is 0.289 e. The highest BCUT2D eigenvalue weighted by molar-refractivity contribution is 5.91. The van der Waals surface area contributed by atoms with E-state index in [4.69, 9.17) is 10.2 Å². The second-order valence-electron chi connectivity index (χ2n) is 7.70. The first kappa shape index (κ1) is 18.4. The van der Waals surface area contributed by atoms with Crippen LogP contribution >= 0.6 is 0 Å². The SMILES string of the molecule is CN(C)C[C@]12CN(C(=O)CCC(N)=O)C[C@H]1CN(C(=O)c1ccco1)C2. The highest BCUT2D eigenvalue weighted by atomic mass is 16.3. The lowest BCUT2D eigenvalue weighted by molar-refractivity contribution is -0.132. The van der Waals surface area contributed by atoms with Gasteiger partial charge in [0.25, 0.3) is 5.91 Å². The van der Waals surface area contributed by atoms with Gasteiger partial charge in [0, 0.05) is 56.9 Å². The van der Waals surface area contributed by atoms with Gasteiger partial charge in [0.1, 0.15) is 0 Å². The molecule has 2 fully saturated rings. The first-order valence-electron chi connectivity index (χ1n) is 8.84. The molecule has 0 aromatic carbocycles. The van der Waals surface area contributed by atoms with Crippen LogP contribution in [0.25, 0.3) is 0 Å². The Kier molecular flexibility index (Phi) is 5.04. The predicted molar refractivity (Wildman–Crippen MR) is 94.1 cm³/mol. The molecule has 0 saturated carbocycles. The first-order valence-corrected chi connectivity index (χ1v) is 8.84. The number of furan rings is 1. The van der Waals surface area contributed by atoms with Crippen molar-refractivity contribution in [3.05, 3.63) is 24.2 Å². The van der Waals surface area contributed by atoms with E-state index in [1.165, 1.54) is 6.26 Å². The molecule has 3 heterocycles. The number of rotatable bonds is 6. The lowest BCUT2D eigenvalue weighted by atomic mass is 9.80. The Balaban J connectivity index is 1.71. The Morgan fingerprint density at radius 1 is 1.23 bits per heavy atom. The molecule has 0 radical (unpaired) electrons. The monoisotopic (exact) mass is 362 g/mol. The molecule has 0 spiro atoms. The van der Waals surface area contributed by atoms with Crippen molar-refractivity contribution in [2.24, 2.45) is 17.1 Å². The number of primary amides is 1. The summed E-state index contributed by atoms with van der Waals surface area (Å²) in [6.45, 7) is 3.18. The zero-order chi connectivity index (χ0) is 18.9. The minimum Gasteiger partial charge on any atom is -0.459 e. The van der Waals surface area contributed by atoms with Gasteiger partial charge in [0.05, 0.1) is 6.26 Å². The molecule has 26 heavy (non-hydrogen) atoms. The van der Waals surface area contributed by atoms with Crippen molar-refractivity contribution >= 4 is 17.7 Å². The number of carbonyl (C=O) groups excluding carboxylic acids is 3. The average molecular weight is 362 g/mol. The van der Waals surface area contributed by atoms with Crippen LogP contribution in [-0.4, -0.2) is 79.2 Å². The minimum atomic E-state index is -0.462. The predicted octanol–water partition coefficient (Wildman–Crippen LogP) is 0.00730. The van der Waals surface area contributed by atoms with E-state index < -0.39 is 5.91 Å². The molecule has 0 bridgehead atoms. The highest BCUT2D eigenvalue weighted by Gasteiger charge is 2.54. The molecule has 2 aliphatic rings. The minimum absolute atomic E-state index is 0.0414. The summed E-state index contributed by atoms with van der Waals surface area (Å²) in [6.07, 6.45) is 1.72. The van der Waals surface area contributed by atoms with E-state index in [2.05, 4.69) is 4.90 Å². The van der Waals surface area contributed by atoms with E-state index in [-0.39, 0.29) is 36.0 Å². The Morgan fingerprint density at radius 3 is 2.54 bits per heavy atom. The smallest absolute Gasteiger partial charge is 0.289 e. The Hall–Kier alpha value is -2.35. The number of fused-ring (bicyclic) bond motifs is 1. The Morgan fingerprint density at radius 2 is 1.92 bits per heavy atom. The van der Waals surface area contributed by atoms with Gasteiger partial charge >= 0.3 is 0 Å². The summed E-state index contributed by atoms with van der Waals surface area (Å²) >= 11 is 0. The molecule has 2 N–H and O–H groups in total. The molecule has 3 rings (SSSR count). The zero-order valence-corrected chi connectivity index (χ0v) is 15.3. The summed E-state index contributed by atoms with van der Waals surface area (Å²) in [4.78, 5) is 41.8. The van der Waals surface area contributed by atoms with Crippen molar-refractivity contribution < 1.29 is 18.8 Å². The van der Waals surface area contributed by atoms with Gasteiger partial charge < -0.3 is 24.9 Å². The van der Waals surface area contributed by atoms with E-state index in [1.807, 2.05) is 23.9 Å². The van der Waals surface area contributed by atoms with E-state index in [0.29, 0.717) is 31.9 Å². The largest absolute Gasteiger partial charge is 0.459 e. The quantitative estimate of drug-likeness (QED) is 0.768. The molecule has 1 aromatic rings. The molecule has 2 aliphatic heterocycles. The van der Waals surface area contributed by atoms with Crippen LogP contribution in [0.4, 0.5) is 0 Å². The Bertz CT molecular complexity index is 687. The molecule has 0 aliphatic carbocycles. The maximum atomic E-state index is 12.6. The number of nitrogens with two attached hydrogens (primary N) is 1. The van der Waals surface area contributed by atoms with Crippen LogP contribution in [0.15, 0.2) is 22.8 Å². The maximum absolute atomic E-state index is 12.6. The number of hydrogen-bond donors (Lipinski definition) is 1. The molecular formula is C18H26N4O4. The number of nitrogens with zero attached hydrogens (tertiary/aromatic N) is 3. The fourth-order valence-electron chi connectivity index (χ4n) is 4.32. The first-order chi connectivity index (χ1) is 12.3. The van der Waals surface area contributed by atoms with Crippen LogP contribution in [0.1, 0.15) is 23.4 Å². The van der Waals surface area contributed by atoms with Gasteiger partial charge in [-0.2, -0.15) is 0 Å². The summed E-state index contributed by atoms with van der Waals surface area (Å²) < 4.78 is 5.25. The standard InChI is InChI=1S/C18H26N4O4/c1-20(2)10-18-11-21(16(24)6-5-15(19)23)8-13(18)9-22(12-18)17(25)14-4-3-7-26-14/h3-4,7,13H,5-6,8-12H2,1-2H3,(H2,19,23)/t13-,18+/m0/s1. The second kappa shape index (κ2) is 7.11. The van der Waals surface area contributed by atoms with E-state index in [9.17, 15) is 14.4 Å². The molecular weight excluding hydrogens is 336 g/mol. The van der Waals surface area contributed by atoms with Crippen LogP contribution in [-0.2, 0) is 9.59 Å². The summed E-state index contributed by atoms with van der Waals surface area (Å²) in [5.74, 6) is -0.0500. The van der Waals surface area contributed by atoms with Gasteiger partial charge in [-0.1, -0.05) is 0 Å². The van der Waals surface area contributed by atoms with Crippen LogP contribution in [0, 0.1) is 11.3 Å². The van der Waals surface area contributed by atoms with Gasteiger partial charge in [-0.05, 0) is 26.2 Å². The number of hydrogen-bond acceptors (Lipinski definition) is 5. The van der Waals surface area contributed by atoms with Crippen molar-refractivity contribution in [1.82, 2.24) is 14.7 Å². The topological polar surface area (TPSA) is 100 Å². The lowest BCUT2D eigenvalue weighted by Crippen LogP contribution is -2.43. The number of amides is 3. The van der Waals surface area contributed by atoms with Gasteiger partial charge in [0.15, 0.2) is 5.76 Å². The average Bonchev–Trinajstić information content (AvgIpc) is 3.25. The zero-order valence-electron chi connectivity index (χ0n) is 15.3. The van der Waals surface area contributed by atoms with Crippen LogP contribution < -0.4 is 5.73 Å². The van der Waals surface area contributed by atoms with Crippen LogP contribution in [0.3, 0.4) is 0 Å². The fraction of sp³-hybridized carbons (Fsp3) is 0.611. The van der Waals surface area contributed by atoms with Crippen LogP contribution in [0.5, 0.6) is 0 Å². The summed E-state index contributed by atoms with van der Waals surface area (Å²) in [6, 6.07) is 3.38. The third-order valence-electron chi connectivity index (χ3n) is 5.35. The molecule has 142 valence electrons. The van der Waals surface area contributed by atoms with E-state index in [1.54, 1.807) is 12.1 Å². The van der Waals surface area contributed by atoms with Crippen molar-refractivity contribution in [3.8, 4) is 0 Å². The summed E-state index contributed by atoms with van der Waals surface area (Å²) in [5.41, 5.74) is 4.99. The highest BCUT2D eigenvalue weighted by Crippen LogP contribution is 2.43. The molecule has 8 nitrogen and oxygen atoms in total. The summed E-state index contributed by atoms with van der Waals surface area (Å²) in [5, 5.41) is 0. The van der Waals surface area contributed by atoms with E-state index in [0.717, 1.165) is 6.54 Å². The molecule has 0 unspecified atom stereocenters. The third-order valence-corrected chi connectivity index (χ3v) is 5.35. The van der Waals surface area contributed by atoms with Crippen molar-refractivity contribution in [2.45, 2.75) is 12.8 Å². The van der Waals surface area contributed by atoms with Crippen molar-refractivity contribution in [1.29, 1.82) is 0 Å². The van der Waals surface area contributed by atoms with E-state index >= 15 is 0 Å². The summed E-state index contributed by atoms with van der Waals surface area (Å²) in [7, 11) is 4.00. The van der Waals surface area contributed by atoms with Gasteiger partial charge in [-0.3, -0.25) is 14.4 Å². The van der Waals surface area contributed by atoms with Crippen molar-refractivity contribution in [3.63, 3.8) is 0 Å². The van der Waals surface area contributed by atoms with Gasteiger partial charge in [-0.15, -0.1) is 0 Å². The third kappa shape index (κ3) is 3.60.